The number of thiazole rings is 1. The summed E-state index contributed by atoms with van der Waals surface area (Å²) in [5.41, 5.74) is 1.99. The van der Waals surface area contributed by atoms with Crippen LogP contribution in [0.2, 0.25) is 0 Å². The molecule has 1 aliphatic heterocycles. The van der Waals surface area contributed by atoms with E-state index in [2.05, 4.69) is 11.1 Å². The smallest absolute Gasteiger partial charge is 0.157 e. The first kappa shape index (κ1) is 28.9. The molecule has 7 atom stereocenters. The Morgan fingerprint density at radius 3 is 2.47 bits per heavy atom. The number of hydrogen-bond donors (Lipinski definition) is 4. The molecule has 0 aliphatic carbocycles. The summed E-state index contributed by atoms with van der Waals surface area (Å²) < 4.78 is 6.01. The van der Waals surface area contributed by atoms with Crippen molar-refractivity contribution in [2.24, 2.45) is 17.3 Å². The molecule has 192 valence electrons. The second-order valence-corrected chi connectivity index (χ2v) is 11.5. The average molecular weight is 494 g/mol. The highest BCUT2D eigenvalue weighted by Gasteiger charge is 2.42. The molecule has 0 saturated heterocycles. The number of aliphatic hydroxyl groups is 4. The van der Waals surface area contributed by atoms with Crippen molar-refractivity contribution in [2.45, 2.75) is 98.4 Å². The van der Waals surface area contributed by atoms with E-state index < -0.39 is 35.9 Å². The number of nitrogens with zero attached hydrogens (tertiary/aromatic N) is 1. The maximum atomic E-state index is 11.0. The highest BCUT2D eigenvalue weighted by molar-refractivity contribution is 7.09. The van der Waals surface area contributed by atoms with E-state index in [-0.39, 0.29) is 18.4 Å². The molecule has 0 saturated carbocycles. The Labute approximate surface area is 208 Å². The van der Waals surface area contributed by atoms with Crippen molar-refractivity contribution >= 4 is 17.4 Å². The van der Waals surface area contributed by atoms with Crippen molar-refractivity contribution in [3.63, 3.8) is 0 Å². The lowest BCUT2D eigenvalue weighted by atomic mass is 9.72. The summed E-state index contributed by atoms with van der Waals surface area (Å²) in [5.74, 6) is -0.613. The normalized spacial score (nSPS) is 37.1. The first-order valence-electron chi connectivity index (χ1n) is 12.1. The summed E-state index contributed by atoms with van der Waals surface area (Å²) in [5, 5.41) is 46.4. The molecule has 34 heavy (non-hydrogen) atoms. The van der Waals surface area contributed by atoms with Crippen LogP contribution >= 0.6 is 11.3 Å². The minimum absolute atomic E-state index is 0.0510. The molecule has 2 heterocycles. The summed E-state index contributed by atoms with van der Waals surface area (Å²) in [6.07, 6.45) is 4.98. The second kappa shape index (κ2) is 12.6. The van der Waals surface area contributed by atoms with Gasteiger partial charge in [-0.1, -0.05) is 51.5 Å². The predicted molar refractivity (Wildman–Crippen MR) is 138 cm³/mol. The van der Waals surface area contributed by atoms with Crippen molar-refractivity contribution in [1.82, 2.24) is 4.98 Å². The minimum Gasteiger partial charge on any atom is -0.392 e. The van der Waals surface area contributed by atoms with E-state index >= 15 is 0 Å². The van der Waals surface area contributed by atoms with Crippen molar-refractivity contribution in [2.75, 3.05) is 0 Å². The molecule has 1 aromatic rings. The summed E-state index contributed by atoms with van der Waals surface area (Å²) in [4.78, 5) is 4.50. The topological polar surface area (TPSA) is 103 Å². The van der Waals surface area contributed by atoms with Gasteiger partial charge >= 0.3 is 0 Å². The van der Waals surface area contributed by atoms with Crippen molar-refractivity contribution in [3.8, 4) is 0 Å². The Kier molecular flexibility index (Phi) is 10.7. The Bertz CT molecular complexity index is 874. The molecule has 4 N–H and O–H groups in total. The van der Waals surface area contributed by atoms with E-state index in [4.69, 9.17) is 4.74 Å². The molecular formula is C27H43NO5S. The average Bonchev–Trinajstić information content (AvgIpc) is 3.18. The van der Waals surface area contributed by atoms with Crippen LogP contribution in [0.3, 0.4) is 0 Å². The van der Waals surface area contributed by atoms with Gasteiger partial charge in [0.15, 0.2) is 6.29 Å². The third kappa shape index (κ3) is 7.83. The Morgan fingerprint density at radius 2 is 1.85 bits per heavy atom. The fraction of sp³-hybridized carbons (Fsp3) is 0.667. The highest BCUT2D eigenvalue weighted by Crippen LogP contribution is 2.35. The number of rotatable bonds is 2. The quantitative estimate of drug-likeness (QED) is 0.448. The zero-order chi connectivity index (χ0) is 25.6. The molecule has 0 aromatic carbocycles. The van der Waals surface area contributed by atoms with E-state index in [9.17, 15) is 20.4 Å². The standard InChI is InChI=1S/C27H43NO5S/c1-16-9-8-10-17(2)25(31)19(4)26(32)27(6,7)23(29)14-24(30)33-22(12-11-16)18(3)13-21-15-34-20(5)28-21/h8,10-11,13,15,17,19,22-26,29-32H,9,12,14H2,1-7H3/b10-8-,16-11-,18-13+. The number of aryl methyl sites for hydroxylation is 1. The van der Waals surface area contributed by atoms with Crippen LogP contribution in [-0.2, 0) is 4.74 Å². The van der Waals surface area contributed by atoms with Crippen LogP contribution in [0, 0.1) is 24.2 Å². The van der Waals surface area contributed by atoms with Gasteiger partial charge in [0.05, 0.1) is 35.1 Å². The number of hydrogen-bond acceptors (Lipinski definition) is 7. The van der Waals surface area contributed by atoms with Crippen LogP contribution < -0.4 is 0 Å². The van der Waals surface area contributed by atoms with Gasteiger partial charge in [-0.15, -0.1) is 11.3 Å². The number of aliphatic hydroxyl groups excluding tert-OH is 4. The fourth-order valence-corrected chi connectivity index (χ4v) is 4.95. The summed E-state index contributed by atoms with van der Waals surface area (Å²) >= 11 is 1.58. The predicted octanol–water partition coefficient (Wildman–Crippen LogP) is 4.63. The third-order valence-corrected chi connectivity index (χ3v) is 7.81. The van der Waals surface area contributed by atoms with E-state index in [1.54, 1.807) is 32.1 Å². The van der Waals surface area contributed by atoms with Crippen molar-refractivity contribution in [3.05, 3.63) is 45.5 Å². The van der Waals surface area contributed by atoms with Gasteiger partial charge in [-0.2, -0.15) is 0 Å². The molecular weight excluding hydrogens is 450 g/mol. The molecule has 0 amide bonds. The molecule has 7 unspecified atom stereocenters. The van der Waals surface area contributed by atoms with Gasteiger partial charge in [0.25, 0.3) is 0 Å². The maximum absolute atomic E-state index is 11.0. The highest BCUT2D eigenvalue weighted by atomic mass is 32.1. The molecule has 0 fully saturated rings. The zero-order valence-electron chi connectivity index (χ0n) is 21.6. The van der Waals surface area contributed by atoms with Crippen LogP contribution in [0.15, 0.2) is 34.8 Å². The number of aromatic nitrogens is 1. The molecule has 0 radical (unpaired) electrons. The van der Waals surface area contributed by atoms with Crippen LogP contribution in [0.25, 0.3) is 6.08 Å². The molecule has 1 aromatic heterocycles. The summed E-state index contributed by atoms with van der Waals surface area (Å²) in [6, 6.07) is 0. The zero-order valence-corrected chi connectivity index (χ0v) is 22.4. The van der Waals surface area contributed by atoms with Crippen LogP contribution in [0.4, 0.5) is 0 Å². The van der Waals surface area contributed by atoms with Gasteiger partial charge in [0, 0.05) is 29.1 Å². The first-order valence-corrected chi connectivity index (χ1v) is 13.0. The van der Waals surface area contributed by atoms with Crippen LogP contribution in [-0.4, -0.2) is 56.1 Å². The maximum Gasteiger partial charge on any atom is 0.157 e. The molecule has 1 aliphatic rings. The number of ether oxygens (including phenoxy) is 1. The lowest BCUT2D eigenvalue weighted by molar-refractivity contribution is -0.167. The van der Waals surface area contributed by atoms with Gasteiger partial charge in [0.2, 0.25) is 0 Å². The van der Waals surface area contributed by atoms with E-state index in [0.717, 1.165) is 28.3 Å². The van der Waals surface area contributed by atoms with E-state index in [0.29, 0.717) is 6.42 Å². The second-order valence-electron chi connectivity index (χ2n) is 10.4. The third-order valence-electron chi connectivity index (χ3n) is 7.02. The first-order chi connectivity index (χ1) is 15.8. The van der Waals surface area contributed by atoms with Crippen molar-refractivity contribution in [1.29, 1.82) is 0 Å². The van der Waals surface area contributed by atoms with Gasteiger partial charge in [-0.25, -0.2) is 4.98 Å². The minimum atomic E-state index is -1.22. The Balaban J connectivity index is 2.35. The monoisotopic (exact) mass is 493 g/mol. The summed E-state index contributed by atoms with van der Waals surface area (Å²) in [6.45, 7) is 13.2. The van der Waals surface area contributed by atoms with Crippen LogP contribution in [0.1, 0.15) is 71.5 Å². The SMILES string of the molecule is C/C1=C/CC(/C(C)=C/c2csc(C)n2)OC(O)CC(O)C(C)(C)C(O)C(C)C(O)C(C)/C=C\C1. The Morgan fingerprint density at radius 1 is 1.18 bits per heavy atom. The molecule has 0 spiro atoms. The largest absolute Gasteiger partial charge is 0.392 e. The lowest BCUT2D eigenvalue weighted by Crippen LogP contribution is -2.49. The van der Waals surface area contributed by atoms with Gasteiger partial charge in [0.1, 0.15) is 0 Å². The van der Waals surface area contributed by atoms with Crippen LogP contribution in [0.5, 0.6) is 0 Å². The molecule has 7 heteroatoms. The van der Waals surface area contributed by atoms with Crippen molar-refractivity contribution < 1.29 is 25.2 Å². The fourth-order valence-electron chi connectivity index (χ4n) is 4.38. The van der Waals surface area contributed by atoms with E-state index in [1.165, 1.54) is 0 Å². The number of allylic oxidation sites excluding steroid dienone is 2. The van der Waals surface area contributed by atoms with E-state index in [1.807, 2.05) is 51.3 Å². The molecule has 2 rings (SSSR count). The summed E-state index contributed by atoms with van der Waals surface area (Å²) in [7, 11) is 0. The lowest BCUT2D eigenvalue weighted by Gasteiger charge is -2.41. The molecule has 6 nitrogen and oxygen atoms in total. The van der Waals surface area contributed by atoms with Gasteiger partial charge in [-0.3, -0.25) is 0 Å². The van der Waals surface area contributed by atoms with Gasteiger partial charge in [-0.05, 0) is 45.3 Å². The Hall–Kier alpha value is -1.35. The molecule has 0 bridgehead atoms. The van der Waals surface area contributed by atoms with Gasteiger partial charge < -0.3 is 25.2 Å².